The summed E-state index contributed by atoms with van der Waals surface area (Å²) in [5.74, 6) is -2.06. The molecule has 0 bridgehead atoms. The van der Waals surface area contributed by atoms with Crippen LogP contribution in [0.4, 0.5) is 13.2 Å². The third-order valence-corrected chi connectivity index (χ3v) is 4.13. The fraction of sp³-hybridized carbons (Fsp3) is 0.571. The molecule has 5 nitrogen and oxygen atoms in total. The summed E-state index contributed by atoms with van der Waals surface area (Å²) in [4.78, 5) is 25.6. The number of likely N-dealkylation sites (tertiary alicyclic amines) is 1. The van der Waals surface area contributed by atoms with Crippen LogP contribution in [0.5, 0.6) is 0 Å². The predicted molar refractivity (Wildman–Crippen MR) is 69.4 cm³/mol. The molecule has 1 unspecified atom stereocenters. The average Bonchev–Trinajstić information content (AvgIpc) is 3.06. The number of rotatable bonds is 1. The molecule has 1 saturated heterocycles. The summed E-state index contributed by atoms with van der Waals surface area (Å²) in [6.07, 6.45) is -2.02. The Labute approximate surface area is 124 Å². The first kappa shape index (κ1) is 14.9. The van der Waals surface area contributed by atoms with Crippen LogP contribution in [0.2, 0.25) is 0 Å². The van der Waals surface area contributed by atoms with E-state index in [0.717, 1.165) is 4.90 Å². The molecule has 1 N–H and O–H groups in total. The van der Waals surface area contributed by atoms with E-state index in [4.69, 9.17) is 4.42 Å². The average molecular weight is 316 g/mol. The summed E-state index contributed by atoms with van der Waals surface area (Å²) in [7, 11) is 0. The summed E-state index contributed by atoms with van der Waals surface area (Å²) < 4.78 is 43.4. The second kappa shape index (κ2) is 5.33. The van der Waals surface area contributed by atoms with Gasteiger partial charge in [-0.3, -0.25) is 9.59 Å². The fourth-order valence-corrected chi connectivity index (χ4v) is 2.91. The Kier molecular flexibility index (Phi) is 3.62. The van der Waals surface area contributed by atoms with Gasteiger partial charge in [0.25, 0.3) is 11.8 Å². The minimum absolute atomic E-state index is 0.0323. The van der Waals surface area contributed by atoms with Crippen LogP contribution >= 0.6 is 0 Å². The molecule has 0 spiro atoms. The Morgan fingerprint density at radius 2 is 2.18 bits per heavy atom. The van der Waals surface area contributed by atoms with Gasteiger partial charge in [0.15, 0.2) is 0 Å². The van der Waals surface area contributed by atoms with Crippen LogP contribution in [0, 0.1) is 5.92 Å². The number of aryl methyl sites for hydroxylation is 1. The van der Waals surface area contributed by atoms with Gasteiger partial charge >= 0.3 is 6.18 Å². The van der Waals surface area contributed by atoms with Crippen molar-refractivity contribution in [2.45, 2.75) is 25.4 Å². The number of nitrogens with one attached hydrogen (secondary N) is 1. The minimum Gasteiger partial charge on any atom is -0.468 e. The summed E-state index contributed by atoms with van der Waals surface area (Å²) in [5, 5.41) is 2.66. The molecule has 120 valence electrons. The van der Waals surface area contributed by atoms with Gasteiger partial charge in [-0.05, 0) is 12.8 Å². The van der Waals surface area contributed by atoms with Crippen molar-refractivity contribution in [1.82, 2.24) is 10.2 Å². The van der Waals surface area contributed by atoms with Crippen molar-refractivity contribution in [2.75, 3.05) is 19.6 Å². The molecule has 1 aromatic rings. The number of fused-ring (bicyclic) bond motifs is 1. The highest BCUT2D eigenvalue weighted by atomic mass is 19.4. The van der Waals surface area contributed by atoms with Gasteiger partial charge in [-0.1, -0.05) is 0 Å². The van der Waals surface area contributed by atoms with Gasteiger partial charge in [0.1, 0.15) is 12.0 Å². The summed E-state index contributed by atoms with van der Waals surface area (Å²) in [6.45, 7) is 0.144. The van der Waals surface area contributed by atoms with Gasteiger partial charge in [0.2, 0.25) is 0 Å². The zero-order valence-corrected chi connectivity index (χ0v) is 11.7. The Morgan fingerprint density at radius 1 is 1.41 bits per heavy atom. The van der Waals surface area contributed by atoms with Gasteiger partial charge < -0.3 is 14.6 Å². The molecule has 2 amide bonds. The number of hydrogen-bond donors (Lipinski definition) is 1. The molecule has 2 aliphatic rings. The maximum atomic E-state index is 12.7. The van der Waals surface area contributed by atoms with E-state index < -0.39 is 23.9 Å². The van der Waals surface area contributed by atoms with Gasteiger partial charge in [-0.15, -0.1) is 0 Å². The second-order valence-corrected chi connectivity index (χ2v) is 5.59. The molecule has 3 heterocycles. The molecular weight excluding hydrogens is 301 g/mol. The molecule has 2 aliphatic heterocycles. The lowest BCUT2D eigenvalue weighted by molar-refractivity contribution is -0.169. The number of nitrogens with zero attached hydrogens (tertiary/aromatic N) is 1. The molecule has 0 radical (unpaired) electrons. The van der Waals surface area contributed by atoms with Crippen molar-refractivity contribution < 1.29 is 27.2 Å². The van der Waals surface area contributed by atoms with Crippen LogP contribution in [0.3, 0.4) is 0 Å². The Morgan fingerprint density at radius 3 is 2.86 bits per heavy atom. The monoisotopic (exact) mass is 316 g/mol. The molecule has 22 heavy (non-hydrogen) atoms. The molecule has 1 fully saturated rings. The van der Waals surface area contributed by atoms with Gasteiger partial charge in [0.05, 0.1) is 17.0 Å². The molecular formula is C14H15F3N2O3. The van der Waals surface area contributed by atoms with E-state index in [2.05, 4.69) is 5.32 Å². The summed E-state index contributed by atoms with van der Waals surface area (Å²) >= 11 is 0. The van der Waals surface area contributed by atoms with Crippen LogP contribution in [0.1, 0.15) is 39.3 Å². The summed E-state index contributed by atoms with van der Waals surface area (Å²) in [6, 6.07) is 0. The van der Waals surface area contributed by atoms with Crippen LogP contribution in [-0.4, -0.2) is 42.5 Å². The molecule has 0 aliphatic carbocycles. The van der Waals surface area contributed by atoms with E-state index in [0.29, 0.717) is 25.1 Å². The number of carbonyl (C=O) groups is 2. The predicted octanol–water partition coefficient (Wildman–Crippen LogP) is 1.98. The molecule has 3 rings (SSSR count). The Hall–Kier alpha value is -1.99. The minimum atomic E-state index is -4.31. The maximum Gasteiger partial charge on any atom is 0.393 e. The number of carbonyl (C=O) groups excluding carboxylic acids is 2. The lowest BCUT2D eigenvalue weighted by Gasteiger charge is -2.17. The zero-order valence-electron chi connectivity index (χ0n) is 11.7. The van der Waals surface area contributed by atoms with E-state index in [1.165, 1.54) is 6.26 Å². The Bertz CT molecular complexity index is 609. The number of furan rings is 1. The van der Waals surface area contributed by atoms with E-state index in [-0.39, 0.29) is 30.6 Å². The smallest absolute Gasteiger partial charge is 0.393 e. The van der Waals surface area contributed by atoms with Crippen LogP contribution < -0.4 is 5.32 Å². The van der Waals surface area contributed by atoms with E-state index in [1.807, 2.05) is 0 Å². The number of hydrogen-bond acceptors (Lipinski definition) is 3. The van der Waals surface area contributed by atoms with Crippen LogP contribution in [0.25, 0.3) is 0 Å². The van der Waals surface area contributed by atoms with Gasteiger partial charge in [-0.2, -0.15) is 13.2 Å². The fourth-order valence-electron chi connectivity index (χ4n) is 2.91. The number of alkyl halides is 3. The zero-order chi connectivity index (χ0) is 15.9. The molecule has 8 heteroatoms. The van der Waals surface area contributed by atoms with E-state index >= 15 is 0 Å². The highest BCUT2D eigenvalue weighted by molar-refractivity contribution is 6.08. The highest BCUT2D eigenvalue weighted by Gasteiger charge is 2.45. The number of halogens is 3. The normalized spacial score (nSPS) is 22.2. The van der Waals surface area contributed by atoms with E-state index in [9.17, 15) is 22.8 Å². The molecule has 0 aromatic carbocycles. The van der Waals surface area contributed by atoms with Crippen molar-refractivity contribution in [1.29, 1.82) is 0 Å². The molecule has 1 aromatic heterocycles. The molecule has 1 atom stereocenters. The Balaban J connectivity index is 1.82. The van der Waals surface area contributed by atoms with Crippen molar-refractivity contribution in [3.05, 3.63) is 23.2 Å². The quantitative estimate of drug-likeness (QED) is 0.862. The molecule has 0 saturated carbocycles. The van der Waals surface area contributed by atoms with Crippen molar-refractivity contribution in [3.8, 4) is 0 Å². The van der Waals surface area contributed by atoms with Crippen molar-refractivity contribution in [2.24, 2.45) is 5.92 Å². The van der Waals surface area contributed by atoms with E-state index in [1.54, 1.807) is 0 Å². The van der Waals surface area contributed by atoms with Crippen LogP contribution in [-0.2, 0) is 6.42 Å². The maximum absolute atomic E-state index is 12.7. The van der Waals surface area contributed by atoms with Gasteiger partial charge in [-0.25, -0.2) is 0 Å². The van der Waals surface area contributed by atoms with Crippen molar-refractivity contribution in [3.63, 3.8) is 0 Å². The summed E-state index contributed by atoms with van der Waals surface area (Å²) in [5.41, 5.74) is 0.218. The third kappa shape index (κ3) is 2.57. The SMILES string of the molecule is O=C1NCCCc2occ(C(=O)N3CCC(C(F)(F)F)C3)c21. The number of amides is 2. The third-order valence-electron chi connectivity index (χ3n) is 4.13. The lowest BCUT2D eigenvalue weighted by atomic mass is 10.1. The first-order valence-corrected chi connectivity index (χ1v) is 7.12. The first-order chi connectivity index (χ1) is 10.4. The van der Waals surface area contributed by atoms with Gasteiger partial charge in [0, 0.05) is 26.1 Å². The highest BCUT2D eigenvalue weighted by Crippen LogP contribution is 2.34. The standard InChI is InChI=1S/C14H15F3N2O3/c15-14(16,17)8-3-5-19(6-8)13(21)9-7-22-10-2-1-4-18-12(20)11(9)10/h7-8H,1-6H2,(H,18,20). The topological polar surface area (TPSA) is 62.6 Å². The van der Waals surface area contributed by atoms with Crippen LogP contribution in [0.15, 0.2) is 10.7 Å². The second-order valence-electron chi connectivity index (χ2n) is 5.59. The van der Waals surface area contributed by atoms with Crippen molar-refractivity contribution >= 4 is 11.8 Å². The lowest BCUT2D eigenvalue weighted by Crippen LogP contribution is -2.33. The largest absolute Gasteiger partial charge is 0.468 e. The first-order valence-electron chi connectivity index (χ1n) is 7.12.